The summed E-state index contributed by atoms with van der Waals surface area (Å²) < 4.78 is 11.7. The van der Waals surface area contributed by atoms with Crippen molar-refractivity contribution in [3.63, 3.8) is 0 Å². The predicted molar refractivity (Wildman–Crippen MR) is 131 cm³/mol. The molecular weight excluding hydrogens is 463 g/mol. The Bertz CT molecular complexity index is 1120. The molecule has 2 aliphatic heterocycles. The molecule has 8 heteroatoms. The fourth-order valence-corrected chi connectivity index (χ4v) is 4.22. The molecule has 33 heavy (non-hydrogen) atoms. The van der Waals surface area contributed by atoms with Crippen LogP contribution in [0.4, 0.5) is 10.5 Å². The molecule has 6 nitrogen and oxygen atoms in total. The summed E-state index contributed by atoms with van der Waals surface area (Å²) in [7, 11) is 0. The van der Waals surface area contributed by atoms with E-state index in [4.69, 9.17) is 32.7 Å². The number of nitrogens with one attached hydrogen (secondary N) is 1. The molecule has 0 saturated carbocycles. The van der Waals surface area contributed by atoms with E-state index in [9.17, 15) is 9.59 Å². The molecule has 174 valence electrons. The zero-order valence-electron chi connectivity index (χ0n) is 18.8. The van der Waals surface area contributed by atoms with Gasteiger partial charge in [-0.25, -0.2) is 4.79 Å². The van der Waals surface area contributed by atoms with Crippen LogP contribution in [0.15, 0.2) is 36.4 Å². The van der Waals surface area contributed by atoms with E-state index in [1.165, 1.54) is 0 Å². The second-order valence-electron chi connectivity index (χ2n) is 9.17. The average molecular weight is 489 g/mol. The number of hydrogen-bond acceptors (Lipinski definition) is 4. The quantitative estimate of drug-likeness (QED) is 0.517. The Kier molecular flexibility index (Phi) is 6.59. The van der Waals surface area contributed by atoms with Crippen LogP contribution in [-0.4, -0.2) is 41.7 Å². The van der Waals surface area contributed by atoms with Crippen molar-refractivity contribution in [2.45, 2.75) is 45.3 Å². The van der Waals surface area contributed by atoms with Crippen LogP contribution in [0.1, 0.15) is 44.7 Å². The highest BCUT2D eigenvalue weighted by atomic mass is 35.5. The van der Waals surface area contributed by atoms with Crippen molar-refractivity contribution in [2.24, 2.45) is 0 Å². The fourth-order valence-electron chi connectivity index (χ4n) is 3.87. The molecule has 2 aliphatic rings. The van der Waals surface area contributed by atoms with Gasteiger partial charge in [0.25, 0.3) is 5.91 Å². The molecule has 0 aliphatic carbocycles. The maximum atomic E-state index is 12.6. The van der Waals surface area contributed by atoms with Crippen molar-refractivity contribution in [2.75, 3.05) is 18.4 Å². The summed E-state index contributed by atoms with van der Waals surface area (Å²) in [6.45, 7) is 6.68. The number of anilines is 1. The summed E-state index contributed by atoms with van der Waals surface area (Å²) in [5.74, 6) is 0.432. The summed E-state index contributed by atoms with van der Waals surface area (Å²) in [5, 5.41) is 3.94. The Morgan fingerprint density at radius 3 is 2.45 bits per heavy atom. The smallest absolute Gasteiger partial charge is 0.410 e. The van der Waals surface area contributed by atoms with Crippen molar-refractivity contribution in [3.8, 4) is 5.75 Å². The van der Waals surface area contributed by atoms with E-state index in [2.05, 4.69) is 5.32 Å². The number of hydrogen-bond donors (Lipinski definition) is 1. The normalized spacial score (nSPS) is 17.7. The molecule has 2 aromatic carbocycles. The SMILES string of the molecule is CC(C)(C)OC(=O)N1CCC(Oc2ccc(Cl)cc2/C=C2\C(=O)Nc3cc(Cl)ccc32)CC1. The van der Waals surface area contributed by atoms with Crippen molar-refractivity contribution in [1.82, 2.24) is 4.90 Å². The van der Waals surface area contributed by atoms with Crippen LogP contribution in [0.5, 0.6) is 5.75 Å². The van der Waals surface area contributed by atoms with Crippen LogP contribution >= 0.6 is 23.2 Å². The Morgan fingerprint density at radius 1 is 1.09 bits per heavy atom. The van der Waals surface area contributed by atoms with E-state index in [0.717, 1.165) is 5.56 Å². The van der Waals surface area contributed by atoms with Crippen LogP contribution in [0.2, 0.25) is 10.0 Å². The fraction of sp³-hybridized carbons (Fsp3) is 0.360. The highest BCUT2D eigenvalue weighted by Crippen LogP contribution is 2.37. The third-order valence-electron chi connectivity index (χ3n) is 5.42. The number of likely N-dealkylation sites (tertiary alicyclic amines) is 1. The molecule has 0 radical (unpaired) electrons. The summed E-state index contributed by atoms with van der Waals surface area (Å²) >= 11 is 12.3. The lowest BCUT2D eigenvalue weighted by Gasteiger charge is -2.33. The Labute approximate surface area is 203 Å². The lowest BCUT2D eigenvalue weighted by Crippen LogP contribution is -2.44. The molecular formula is C25H26Cl2N2O4. The van der Waals surface area contributed by atoms with Gasteiger partial charge in [-0.3, -0.25) is 4.79 Å². The standard InChI is InChI=1S/C25H26Cl2N2O4/c1-25(2,3)33-24(31)29-10-8-18(9-11-29)32-22-7-5-16(26)12-15(22)13-20-19-6-4-17(27)14-21(19)28-23(20)30/h4-7,12-14,18H,8-11H2,1-3H3,(H,28,30)/b20-13-. The van der Waals surface area contributed by atoms with Gasteiger partial charge < -0.3 is 19.7 Å². The number of rotatable bonds is 3. The summed E-state index contributed by atoms with van der Waals surface area (Å²) in [6, 6.07) is 10.6. The minimum atomic E-state index is -0.521. The lowest BCUT2D eigenvalue weighted by molar-refractivity contribution is -0.110. The van der Waals surface area contributed by atoms with Crippen LogP contribution in [-0.2, 0) is 9.53 Å². The van der Waals surface area contributed by atoms with Gasteiger partial charge >= 0.3 is 6.09 Å². The lowest BCUT2D eigenvalue weighted by atomic mass is 10.0. The van der Waals surface area contributed by atoms with Crippen LogP contribution < -0.4 is 10.1 Å². The summed E-state index contributed by atoms with van der Waals surface area (Å²) in [5.41, 5.74) is 2.17. The number of nitrogens with zero attached hydrogens (tertiary/aromatic N) is 1. The van der Waals surface area contributed by atoms with Gasteiger partial charge in [-0.1, -0.05) is 29.3 Å². The molecule has 2 aromatic rings. The van der Waals surface area contributed by atoms with Gasteiger partial charge in [0.15, 0.2) is 0 Å². The van der Waals surface area contributed by atoms with E-state index >= 15 is 0 Å². The molecule has 2 amide bonds. The Morgan fingerprint density at radius 2 is 1.76 bits per heavy atom. The monoisotopic (exact) mass is 488 g/mol. The number of carbonyl (C=O) groups is 2. The molecule has 0 bridgehead atoms. The number of halogens is 2. The number of fused-ring (bicyclic) bond motifs is 1. The highest BCUT2D eigenvalue weighted by molar-refractivity contribution is 6.37. The van der Waals surface area contributed by atoms with Gasteiger partial charge in [-0.15, -0.1) is 0 Å². The Hall–Kier alpha value is -2.70. The molecule has 0 atom stereocenters. The molecule has 0 aromatic heterocycles. The van der Waals surface area contributed by atoms with Crippen LogP contribution in [0.3, 0.4) is 0 Å². The zero-order valence-corrected chi connectivity index (χ0v) is 20.3. The van der Waals surface area contributed by atoms with Crippen molar-refractivity contribution in [1.29, 1.82) is 0 Å². The Balaban J connectivity index is 1.50. The number of benzene rings is 2. The van der Waals surface area contributed by atoms with Gasteiger partial charge in [0.1, 0.15) is 17.5 Å². The number of ether oxygens (including phenoxy) is 2. The van der Waals surface area contributed by atoms with E-state index in [1.54, 1.807) is 35.2 Å². The summed E-state index contributed by atoms with van der Waals surface area (Å²) in [6.07, 6.45) is 2.78. The maximum Gasteiger partial charge on any atom is 0.410 e. The van der Waals surface area contributed by atoms with Gasteiger partial charge in [0, 0.05) is 52.7 Å². The molecule has 0 spiro atoms. The van der Waals surface area contributed by atoms with Gasteiger partial charge in [0.2, 0.25) is 0 Å². The number of amides is 2. The van der Waals surface area contributed by atoms with Gasteiger partial charge in [-0.05, 0) is 57.2 Å². The zero-order chi connectivity index (χ0) is 23.8. The van der Waals surface area contributed by atoms with Crippen LogP contribution in [0, 0.1) is 0 Å². The van der Waals surface area contributed by atoms with E-state index in [1.807, 2.05) is 32.9 Å². The largest absolute Gasteiger partial charge is 0.490 e. The first-order valence-electron chi connectivity index (χ1n) is 10.9. The number of carbonyl (C=O) groups excluding carboxylic acids is 2. The third-order valence-corrected chi connectivity index (χ3v) is 5.89. The van der Waals surface area contributed by atoms with Crippen molar-refractivity contribution >= 4 is 52.5 Å². The predicted octanol–water partition coefficient (Wildman–Crippen LogP) is 6.26. The molecule has 1 N–H and O–H groups in total. The second kappa shape index (κ2) is 9.27. The molecule has 1 fully saturated rings. The van der Waals surface area contributed by atoms with Crippen molar-refractivity contribution < 1.29 is 19.1 Å². The van der Waals surface area contributed by atoms with Gasteiger partial charge in [-0.2, -0.15) is 0 Å². The van der Waals surface area contributed by atoms with Gasteiger partial charge in [0.05, 0.1) is 5.69 Å². The number of piperidine rings is 1. The third kappa shape index (κ3) is 5.63. The van der Waals surface area contributed by atoms with Crippen molar-refractivity contribution in [3.05, 3.63) is 57.6 Å². The van der Waals surface area contributed by atoms with E-state index in [-0.39, 0.29) is 18.1 Å². The minimum absolute atomic E-state index is 0.0643. The molecule has 4 rings (SSSR count). The first-order chi connectivity index (χ1) is 15.6. The van der Waals surface area contributed by atoms with Crippen LogP contribution in [0.25, 0.3) is 11.6 Å². The summed E-state index contributed by atoms with van der Waals surface area (Å²) in [4.78, 5) is 26.6. The highest BCUT2D eigenvalue weighted by Gasteiger charge is 2.29. The average Bonchev–Trinajstić information content (AvgIpc) is 3.03. The maximum absolute atomic E-state index is 12.6. The first kappa shape index (κ1) is 23.5. The first-order valence-corrected chi connectivity index (χ1v) is 11.6. The molecule has 0 unspecified atom stereocenters. The second-order valence-corrected chi connectivity index (χ2v) is 10.0. The minimum Gasteiger partial charge on any atom is -0.490 e. The molecule has 2 heterocycles. The van der Waals surface area contributed by atoms with E-state index in [0.29, 0.717) is 58.5 Å². The molecule has 1 saturated heterocycles. The topological polar surface area (TPSA) is 67.9 Å². The van der Waals surface area contributed by atoms with E-state index < -0.39 is 5.60 Å².